The highest BCUT2D eigenvalue weighted by Crippen LogP contribution is 2.51. The molecule has 1 aromatic carbocycles. The Balaban J connectivity index is 1.92. The van der Waals surface area contributed by atoms with Gasteiger partial charge in [-0.25, -0.2) is 0 Å². The Hall–Kier alpha value is -1.41. The second-order valence-electron chi connectivity index (χ2n) is 4.71. The van der Waals surface area contributed by atoms with Crippen LogP contribution >= 0.6 is 0 Å². The highest BCUT2D eigenvalue weighted by molar-refractivity contribution is 6.10. The Morgan fingerprint density at radius 1 is 1.31 bits per heavy atom. The number of rotatable bonds is 2. The van der Waals surface area contributed by atoms with Gasteiger partial charge in [0.25, 0.3) is 0 Å². The summed E-state index contributed by atoms with van der Waals surface area (Å²) in [6.07, 6.45) is 4.55. The Kier molecular flexibility index (Phi) is 2.01. The molecule has 1 N–H and O–H groups in total. The fourth-order valence-electron chi connectivity index (χ4n) is 2.76. The molecule has 1 aromatic rings. The van der Waals surface area contributed by atoms with E-state index in [2.05, 4.69) is 0 Å². The van der Waals surface area contributed by atoms with Gasteiger partial charge in [0.1, 0.15) is 0 Å². The Bertz CT molecular complexity index is 461. The van der Waals surface area contributed by atoms with E-state index in [4.69, 9.17) is 0 Å². The van der Waals surface area contributed by atoms with E-state index in [1.807, 2.05) is 24.3 Å². The fourth-order valence-corrected chi connectivity index (χ4v) is 2.76. The summed E-state index contributed by atoms with van der Waals surface area (Å²) in [5, 5.41) is 10.4. The van der Waals surface area contributed by atoms with E-state index in [1.165, 1.54) is 0 Å². The first-order valence-corrected chi connectivity index (χ1v) is 5.74. The van der Waals surface area contributed by atoms with Gasteiger partial charge in [0.2, 0.25) is 0 Å². The number of Topliss-reactive ketones (excluding diaryl/α,β-unsaturated/α-hetero) is 1. The summed E-state index contributed by atoms with van der Waals surface area (Å²) < 4.78 is 0. The molecule has 0 amide bonds. The van der Waals surface area contributed by atoms with Crippen molar-refractivity contribution in [3.63, 3.8) is 0 Å². The Morgan fingerprint density at radius 3 is 2.62 bits per heavy atom. The van der Waals surface area contributed by atoms with Crippen molar-refractivity contribution in [3.05, 3.63) is 47.5 Å². The van der Waals surface area contributed by atoms with Crippen LogP contribution in [0.3, 0.4) is 0 Å². The minimum absolute atomic E-state index is 0.00898. The van der Waals surface area contributed by atoms with E-state index in [0.29, 0.717) is 11.1 Å². The van der Waals surface area contributed by atoms with Gasteiger partial charge in [0.05, 0.1) is 5.60 Å². The van der Waals surface area contributed by atoms with Gasteiger partial charge >= 0.3 is 0 Å². The smallest absolute Gasteiger partial charge is 0.191 e. The topological polar surface area (TPSA) is 37.3 Å². The molecule has 0 bridgehead atoms. The molecule has 16 heavy (non-hydrogen) atoms. The van der Waals surface area contributed by atoms with Crippen molar-refractivity contribution in [3.8, 4) is 0 Å². The normalized spacial score (nSPS) is 31.6. The number of carbonyl (C=O) groups is 1. The zero-order valence-electron chi connectivity index (χ0n) is 9.02. The molecule has 0 aromatic heterocycles. The fraction of sp³-hybridized carbons (Fsp3) is 0.357. The maximum Gasteiger partial charge on any atom is 0.191 e. The van der Waals surface area contributed by atoms with E-state index in [-0.39, 0.29) is 11.7 Å². The molecule has 1 fully saturated rings. The molecule has 0 aliphatic heterocycles. The molecule has 2 aliphatic carbocycles. The predicted molar refractivity (Wildman–Crippen MR) is 61.1 cm³/mol. The van der Waals surface area contributed by atoms with Gasteiger partial charge in [-0.1, -0.05) is 36.4 Å². The number of carbonyl (C=O) groups excluding carboxylic acids is 1. The van der Waals surface area contributed by atoms with Crippen LogP contribution in [0.4, 0.5) is 0 Å². The molecule has 82 valence electrons. The van der Waals surface area contributed by atoms with Crippen molar-refractivity contribution in [2.24, 2.45) is 5.92 Å². The standard InChI is InChI=1S/C14H14O2/c15-13(10-4-2-1-3-5-10)12-7-6-11-8-9-14(11,12)16/h1-5,7,11,16H,6,8-9H2/t11-,14-/m1/s1. The molecule has 2 aliphatic rings. The van der Waals surface area contributed by atoms with Crippen molar-refractivity contribution >= 4 is 5.78 Å². The summed E-state index contributed by atoms with van der Waals surface area (Å²) in [5.41, 5.74) is 0.483. The minimum Gasteiger partial charge on any atom is -0.385 e. The molecule has 0 spiro atoms. The van der Waals surface area contributed by atoms with Crippen LogP contribution in [0.15, 0.2) is 42.0 Å². The van der Waals surface area contributed by atoms with Gasteiger partial charge in [-0.15, -0.1) is 0 Å². The van der Waals surface area contributed by atoms with Gasteiger partial charge in [-0.05, 0) is 25.2 Å². The van der Waals surface area contributed by atoms with Gasteiger partial charge in [0.15, 0.2) is 5.78 Å². The molecule has 2 atom stereocenters. The zero-order chi connectivity index (χ0) is 11.2. The van der Waals surface area contributed by atoms with Crippen LogP contribution in [0.1, 0.15) is 29.6 Å². The zero-order valence-corrected chi connectivity index (χ0v) is 9.02. The molecule has 0 saturated heterocycles. The first-order valence-electron chi connectivity index (χ1n) is 5.74. The summed E-state index contributed by atoms with van der Waals surface area (Å²) in [7, 11) is 0. The van der Waals surface area contributed by atoms with E-state index in [1.54, 1.807) is 12.1 Å². The maximum atomic E-state index is 12.2. The number of aliphatic hydroxyl groups is 1. The minimum atomic E-state index is -0.813. The first kappa shape index (κ1) is 9.79. The third-order valence-corrected chi connectivity index (χ3v) is 3.90. The highest BCUT2D eigenvalue weighted by atomic mass is 16.3. The molecule has 3 rings (SSSR count). The average molecular weight is 214 g/mol. The second kappa shape index (κ2) is 3.29. The van der Waals surface area contributed by atoms with Crippen LogP contribution in [0.25, 0.3) is 0 Å². The van der Waals surface area contributed by atoms with Crippen molar-refractivity contribution in [1.29, 1.82) is 0 Å². The Morgan fingerprint density at radius 2 is 2.06 bits per heavy atom. The van der Waals surface area contributed by atoms with E-state index >= 15 is 0 Å². The summed E-state index contributed by atoms with van der Waals surface area (Å²) in [6.45, 7) is 0. The molecule has 0 radical (unpaired) electrons. The van der Waals surface area contributed by atoms with Gasteiger partial charge in [0, 0.05) is 11.1 Å². The quantitative estimate of drug-likeness (QED) is 0.767. The van der Waals surface area contributed by atoms with Crippen molar-refractivity contribution in [2.75, 3.05) is 0 Å². The number of allylic oxidation sites excluding steroid dienone is 1. The van der Waals surface area contributed by atoms with Crippen LogP contribution in [-0.4, -0.2) is 16.5 Å². The van der Waals surface area contributed by atoms with E-state index in [9.17, 15) is 9.90 Å². The molecular formula is C14H14O2. The van der Waals surface area contributed by atoms with Crippen molar-refractivity contribution in [1.82, 2.24) is 0 Å². The summed E-state index contributed by atoms with van der Waals surface area (Å²) in [5.74, 6) is 0.278. The summed E-state index contributed by atoms with van der Waals surface area (Å²) in [6, 6.07) is 9.20. The van der Waals surface area contributed by atoms with Crippen LogP contribution in [0, 0.1) is 5.92 Å². The number of ketones is 1. The molecule has 2 heteroatoms. The van der Waals surface area contributed by atoms with Gasteiger partial charge in [-0.3, -0.25) is 4.79 Å². The summed E-state index contributed by atoms with van der Waals surface area (Å²) in [4.78, 5) is 12.2. The van der Waals surface area contributed by atoms with E-state index < -0.39 is 5.60 Å². The molecule has 0 unspecified atom stereocenters. The lowest BCUT2D eigenvalue weighted by atomic mass is 9.67. The van der Waals surface area contributed by atoms with Crippen LogP contribution in [-0.2, 0) is 0 Å². The number of benzene rings is 1. The van der Waals surface area contributed by atoms with Crippen molar-refractivity contribution in [2.45, 2.75) is 24.9 Å². The molecule has 2 nitrogen and oxygen atoms in total. The van der Waals surface area contributed by atoms with E-state index in [0.717, 1.165) is 19.3 Å². The lowest BCUT2D eigenvalue weighted by molar-refractivity contribution is -0.0473. The van der Waals surface area contributed by atoms with Gasteiger partial charge in [-0.2, -0.15) is 0 Å². The number of hydrogen-bond donors (Lipinski definition) is 1. The second-order valence-corrected chi connectivity index (χ2v) is 4.71. The molecule has 1 saturated carbocycles. The Labute approximate surface area is 94.6 Å². The van der Waals surface area contributed by atoms with Crippen molar-refractivity contribution < 1.29 is 9.90 Å². The van der Waals surface area contributed by atoms with Crippen LogP contribution in [0.2, 0.25) is 0 Å². The third kappa shape index (κ3) is 1.20. The largest absolute Gasteiger partial charge is 0.385 e. The SMILES string of the molecule is O=C(C1=CC[C@@H]2CC[C@]12O)c1ccccc1. The monoisotopic (exact) mass is 214 g/mol. The molecule has 0 heterocycles. The lowest BCUT2D eigenvalue weighted by Gasteiger charge is -2.42. The first-order chi connectivity index (χ1) is 7.72. The van der Waals surface area contributed by atoms with Crippen LogP contribution in [0.5, 0.6) is 0 Å². The summed E-state index contributed by atoms with van der Waals surface area (Å²) >= 11 is 0. The molecular weight excluding hydrogens is 200 g/mol. The van der Waals surface area contributed by atoms with Gasteiger partial charge < -0.3 is 5.11 Å². The number of fused-ring (bicyclic) bond motifs is 1. The third-order valence-electron chi connectivity index (χ3n) is 3.90. The van der Waals surface area contributed by atoms with Crippen LogP contribution < -0.4 is 0 Å². The predicted octanol–water partition coefficient (Wildman–Crippen LogP) is 2.34. The lowest BCUT2D eigenvalue weighted by Crippen LogP contribution is -2.47. The highest BCUT2D eigenvalue weighted by Gasteiger charge is 2.52. The number of hydrogen-bond acceptors (Lipinski definition) is 2. The average Bonchev–Trinajstić information content (AvgIpc) is 2.53. The maximum absolute atomic E-state index is 12.2.